The highest BCUT2D eigenvalue weighted by molar-refractivity contribution is 5.80. The molecular formula is C15H22N2O3. The molecule has 0 aliphatic heterocycles. The van der Waals surface area contributed by atoms with Crippen LogP contribution in [0.5, 0.6) is 0 Å². The zero-order valence-corrected chi connectivity index (χ0v) is 12.2. The van der Waals surface area contributed by atoms with Gasteiger partial charge >= 0.3 is 5.97 Å². The van der Waals surface area contributed by atoms with Crippen molar-refractivity contribution in [3.63, 3.8) is 0 Å². The molecule has 1 amide bonds. The Morgan fingerprint density at radius 1 is 1.35 bits per heavy atom. The van der Waals surface area contributed by atoms with Gasteiger partial charge in [-0.3, -0.25) is 14.6 Å². The highest BCUT2D eigenvalue weighted by Crippen LogP contribution is 2.29. The maximum Gasteiger partial charge on any atom is 0.303 e. The first-order valence-electron chi connectivity index (χ1n) is 6.69. The van der Waals surface area contributed by atoms with Gasteiger partial charge in [0.2, 0.25) is 5.91 Å². The molecule has 0 radical (unpaired) electrons. The Morgan fingerprint density at radius 2 is 2.05 bits per heavy atom. The predicted molar refractivity (Wildman–Crippen MR) is 76.1 cm³/mol. The number of nitrogens with one attached hydrogen (secondary N) is 1. The number of rotatable bonds is 6. The molecular weight excluding hydrogens is 256 g/mol. The van der Waals surface area contributed by atoms with Crippen LogP contribution in [0.2, 0.25) is 0 Å². The van der Waals surface area contributed by atoms with Crippen molar-refractivity contribution in [3.8, 4) is 0 Å². The van der Waals surface area contributed by atoms with E-state index in [4.69, 9.17) is 5.11 Å². The molecule has 0 aromatic carbocycles. The molecule has 0 spiro atoms. The average molecular weight is 278 g/mol. The van der Waals surface area contributed by atoms with E-state index in [1.807, 2.05) is 12.1 Å². The molecule has 5 nitrogen and oxygen atoms in total. The number of hydrogen-bond donors (Lipinski definition) is 2. The molecule has 0 aliphatic rings. The summed E-state index contributed by atoms with van der Waals surface area (Å²) in [6.07, 6.45) is 4.02. The van der Waals surface area contributed by atoms with Gasteiger partial charge in [-0.2, -0.15) is 0 Å². The molecule has 110 valence electrons. The molecule has 2 N–H and O–H groups in total. The normalized spacial score (nSPS) is 12.8. The van der Waals surface area contributed by atoms with Crippen molar-refractivity contribution in [2.45, 2.75) is 46.1 Å². The summed E-state index contributed by atoms with van der Waals surface area (Å²) in [4.78, 5) is 26.4. The van der Waals surface area contributed by atoms with Crippen LogP contribution < -0.4 is 5.32 Å². The molecule has 1 rings (SSSR count). The van der Waals surface area contributed by atoms with E-state index in [1.165, 1.54) is 0 Å². The molecule has 1 aromatic rings. The van der Waals surface area contributed by atoms with Crippen molar-refractivity contribution in [2.24, 2.45) is 5.41 Å². The van der Waals surface area contributed by atoms with Gasteiger partial charge in [0.1, 0.15) is 0 Å². The highest BCUT2D eigenvalue weighted by atomic mass is 16.4. The van der Waals surface area contributed by atoms with Gasteiger partial charge in [0.05, 0.1) is 12.5 Å². The van der Waals surface area contributed by atoms with Gasteiger partial charge in [0.25, 0.3) is 0 Å². The van der Waals surface area contributed by atoms with Gasteiger partial charge in [-0.05, 0) is 23.5 Å². The number of aromatic nitrogens is 1. The maximum atomic E-state index is 11.8. The third-order valence-electron chi connectivity index (χ3n) is 2.80. The lowest BCUT2D eigenvalue weighted by molar-refractivity contribution is -0.139. The number of carbonyl (C=O) groups excluding carboxylic acids is 1. The summed E-state index contributed by atoms with van der Waals surface area (Å²) in [5.41, 5.74) is 0.978. The number of nitrogens with zero attached hydrogens (tertiary/aromatic N) is 1. The van der Waals surface area contributed by atoms with Crippen molar-refractivity contribution in [3.05, 3.63) is 30.1 Å². The van der Waals surface area contributed by atoms with E-state index in [1.54, 1.807) is 12.4 Å². The molecule has 5 heteroatoms. The third-order valence-corrected chi connectivity index (χ3v) is 2.80. The van der Waals surface area contributed by atoms with Crippen LogP contribution in [0, 0.1) is 5.41 Å². The number of carboxylic acid groups (broad SMARTS) is 1. The Balaban J connectivity index is 2.73. The zero-order valence-electron chi connectivity index (χ0n) is 12.2. The number of amides is 1. The van der Waals surface area contributed by atoms with Gasteiger partial charge in [-0.15, -0.1) is 0 Å². The van der Waals surface area contributed by atoms with Crippen molar-refractivity contribution in [1.82, 2.24) is 10.3 Å². The Hall–Kier alpha value is -1.91. The lowest BCUT2D eigenvalue weighted by Gasteiger charge is -2.27. The largest absolute Gasteiger partial charge is 0.481 e. The monoisotopic (exact) mass is 278 g/mol. The quantitative estimate of drug-likeness (QED) is 0.838. The maximum absolute atomic E-state index is 11.8. The van der Waals surface area contributed by atoms with Crippen LogP contribution in [0.3, 0.4) is 0 Å². The van der Waals surface area contributed by atoms with Crippen LogP contribution in [-0.4, -0.2) is 22.0 Å². The van der Waals surface area contributed by atoms with Crippen LogP contribution in [0.15, 0.2) is 24.5 Å². The number of hydrogen-bond acceptors (Lipinski definition) is 3. The first-order chi connectivity index (χ1) is 9.28. The van der Waals surface area contributed by atoms with Crippen molar-refractivity contribution < 1.29 is 14.7 Å². The van der Waals surface area contributed by atoms with E-state index in [0.717, 1.165) is 12.0 Å². The Kier molecular flexibility index (Phi) is 5.67. The van der Waals surface area contributed by atoms with Crippen molar-refractivity contribution >= 4 is 11.9 Å². The number of carbonyl (C=O) groups is 2. The minimum absolute atomic E-state index is 0.00373. The molecule has 0 saturated carbocycles. The summed E-state index contributed by atoms with van der Waals surface area (Å²) >= 11 is 0. The lowest BCUT2D eigenvalue weighted by atomic mass is 9.86. The van der Waals surface area contributed by atoms with Crippen LogP contribution in [0.4, 0.5) is 0 Å². The van der Waals surface area contributed by atoms with Crippen molar-refractivity contribution in [2.75, 3.05) is 0 Å². The van der Waals surface area contributed by atoms with E-state index in [2.05, 4.69) is 31.1 Å². The third kappa shape index (κ3) is 6.31. The Labute approximate surface area is 119 Å². The van der Waals surface area contributed by atoms with Gasteiger partial charge in [-0.1, -0.05) is 26.8 Å². The van der Waals surface area contributed by atoms with Gasteiger partial charge in [0, 0.05) is 18.8 Å². The molecule has 0 unspecified atom stereocenters. The summed E-state index contributed by atoms with van der Waals surface area (Å²) < 4.78 is 0. The van der Waals surface area contributed by atoms with Crippen LogP contribution in [0.1, 0.15) is 51.6 Å². The molecule has 1 atom stereocenters. The minimum Gasteiger partial charge on any atom is -0.481 e. The molecule has 20 heavy (non-hydrogen) atoms. The highest BCUT2D eigenvalue weighted by Gasteiger charge is 2.22. The van der Waals surface area contributed by atoms with E-state index >= 15 is 0 Å². The van der Waals surface area contributed by atoms with Gasteiger partial charge in [0.15, 0.2) is 0 Å². The molecule has 1 aromatic heterocycles. The van der Waals surface area contributed by atoms with Crippen LogP contribution in [0.25, 0.3) is 0 Å². The summed E-state index contributed by atoms with van der Waals surface area (Å²) in [7, 11) is 0. The second kappa shape index (κ2) is 7.03. The SMILES string of the molecule is CC(C)(C)C[C@@H](NC(=O)CCC(=O)O)c1cccnc1. The van der Waals surface area contributed by atoms with E-state index < -0.39 is 5.97 Å². The smallest absolute Gasteiger partial charge is 0.303 e. The average Bonchev–Trinajstić information content (AvgIpc) is 2.35. The van der Waals surface area contributed by atoms with E-state index in [0.29, 0.717) is 0 Å². The first kappa shape index (κ1) is 16.1. The molecule has 0 saturated heterocycles. The molecule has 0 fully saturated rings. The topological polar surface area (TPSA) is 79.3 Å². The lowest BCUT2D eigenvalue weighted by Crippen LogP contribution is -2.31. The molecule has 0 bridgehead atoms. The Bertz CT molecular complexity index is 452. The summed E-state index contributed by atoms with van der Waals surface area (Å²) in [6.45, 7) is 6.29. The fraction of sp³-hybridized carbons (Fsp3) is 0.533. The predicted octanol–water partition coefficient (Wildman–Crippen LogP) is 2.54. The summed E-state index contributed by atoms with van der Waals surface area (Å²) in [5.74, 6) is -1.21. The standard InChI is InChI=1S/C15H22N2O3/c1-15(2,3)9-12(11-5-4-8-16-10-11)17-13(18)6-7-14(19)20/h4-5,8,10,12H,6-7,9H2,1-3H3,(H,17,18)(H,19,20)/t12-/m1/s1. The van der Waals surface area contributed by atoms with E-state index in [-0.39, 0.29) is 30.2 Å². The first-order valence-corrected chi connectivity index (χ1v) is 6.69. The number of aliphatic carboxylic acids is 1. The van der Waals surface area contributed by atoms with Crippen molar-refractivity contribution in [1.29, 1.82) is 0 Å². The van der Waals surface area contributed by atoms with Crippen LogP contribution >= 0.6 is 0 Å². The minimum atomic E-state index is -0.964. The summed E-state index contributed by atoms with van der Waals surface area (Å²) in [5, 5.41) is 11.5. The fourth-order valence-corrected chi connectivity index (χ4v) is 1.93. The zero-order chi connectivity index (χ0) is 15.2. The van der Waals surface area contributed by atoms with Gasteiger partial charge in [-0.25, -0.2) is 0 Å². The second-order valence-corrected chi connectivity index (χ2v) is 6.06. The fourth-order valence-electron chi connectivity index (χ4n) is 1.93. The van der Waals surface area contributed by atoms with Gasteiger partial charge < -0.3 is 10.4 Å². The van der Waals surface area contributed by atoms with E-state index in [9.17, 15) is 9.59 Å². The van der Waals surface area contributed by atoms with Crippen LogP contribution in [-0.2, 0) is 9.59 Å². The summed E-state index contributed by atoms with van der Waals surface area (Å²) in [6, 6.07) is 3.60. The number of pyridine rings is 1. The number of carboxylic acids is 1. The molecule has 1 heterocycles. The molecule has 0 aliphatic carbocycles. The second-order valence-electron chi connectivity index (χ2n) is 6.06. The Morgan fingerprint density at radius 3 is 2.55 bits per heavy atom.